The van der Waals surface area contributed by atoms with Gasteiger partial charge >= 0.3 is 0 Å². The molecule has 1 fully saturated rings. The van der Waals surface area contributed by atoms with Gasteiger partial charge in [-0.1, -0.05) is 66.8 Å². The van der Waals surface area contributed by atoms with Crippen molar-refractivity contribution in [1.29, 1.82) is 0 Å². The summed E-state index contributed by atoms with van der Waals surface area (Å²) in [4.78, 5) is 14.8. The summed E-state index contributed by atoms with van der Waals surface area (Å²) in [6.07, 6.45) is 3.01. The maximum absolute atomic E-state index is 5.10. The first kappa shape index (κ1) is 18.8. The van der Waals surface area contributed by atoms with Gasteiger partial charge in [0.05, 0.1) is 11.7 Å². The van der Waals surface area contributed by atoms with Crippen molar-refractivity contribution in [3.05, 3.63) is 90.3 Å². The highest BCUT2D eigenvalue weighted by Gasteiger charge is 2.45. The normalized spacial score (nSPS) is 23.1. The molecule has 0 N–H and O–H groups in total. The topological polar surface area (TPSA) is 28.5 Å². The summed E-state index contributed by atoms with van der Waals surface area (Å²) in [5.41, 5.74) is 2.37. The molecule has 0 aliphatic carbocycles. The third kappa shape index (κ3) is 3.69. The van der Waals surface area contributed by atoms with Crippen molar-refractivity contribution in [3.63, 3.8) is 0 Å². The Labute approximate surface area is 180 Å². The van der Waals surface area contributed by atoms with E-state index in [-0.39, 0.29) is 12.1 Å². The van der Waals surface area contributed by atoms with Crippen LogP contribution in [0.2, 0.25) is 0 Å². The van der Waals surface area contributed by atoms with Crippen LogP contribution in [0, 0.1) is 0 Å². The number of benzene rings is 2. The van der Waals surface area contributed by atoms with Gasteiger partial charge in [0.2, 0.25) is 0 Å². The average Bonchev–Trinajstić information content (AvgIpc) is 3.35. The molecule has 1 saturated heterocycles. The Morgan fingerprint density at radius 2 is 1.72 bits per heavy atom. The molecule has 3 atom stereocenters. The number of pyridine rings is 1. The van der Waals surface area contributed by atoms with E-state index in [9.17, 15) is 0 Å². The van der Waals surface area contributed by atoms with Crippen LogP contribution in [0.25, 0.3) is 0 Å². The standard InChI is InChI=1S/C24H23N3S2/c1-2-18-16-28-24-26-22(21-10-6-7-15-25-21)23(27(18)24)17-11-13-20(14-12-17)29-19-8-4-3-5-9-19/h3-15,18,22-23H,2,16H2,1H3/t18-,22-,23+/m1/s1. The molecule has 3 nitrogen and oxygen atoms in total. The average molecular weight is 418 g/mol. The Morgan fingerprint density at radius 1 is 0.966 bits per heavy atom. The van der Waals surface area contributed by atoms with Gasteiger partial charge in [0.25, 0.3) is 0 Å². The second-order valence-electron chi connectivity index (χ2n) is 7.32. The minimum Gasteiger partial charge on any atom is -0.338 e. The van der Waals surface area contributed by atoms with Gasteiger partial charge in [0.15, 0.2) is 5.17 Å². The highest BCUT2D eigenvalue weighted by Crippen LogP contribution is 2.48. The fraction of sp³-hybridized carbons (Fsp3) is 0.250. The molecular weight excluding hydrogens is 394 g/mol. The molecule has 2 aliphatic rings. The van der Waals surface area contributed by atoms with Crippen molar-refractivity contribution in [1.82, 2.24) is 9.88 Å². The van der Waals surface area contributed by atoms with Gasteiger partial charge < -0.3 is 4.90 Å². The zero-order chi connectivity index (χ0) is 19.6. The lowest BCUT2D eigenvalue weighted by Crippen LogP contribution is -2.35. The van der Waals surface area contributed by atoms with E-state index in [1.54, 1.807) is 11.8 Å². The third-order valence-corrected chi connectivity index (χ3v) is 7.67. The van der Waals surface area contributed by atoms with Crippen molar-refractivity contribution in [2.75, 3.05) is 5.75 Å². The van der Waals surface area contributed by atoms with Crippen molar-refractivity contribution < 1.29 is 0 Å². The minimum atomic E-state index is 0.0562. The largest absolute Gasteiger partial charge is 0.338 e. The second-order valence-corrected chi connectivity index (χ2v) is 9.45. The number of hydrogen-bond acceptors (Lipinski definition) is 5. The zero-order valence-corrected chi connectivity index (χ0v) is 17.9. The smallest absolute Gasteiger partial charge is 0.160 e. The van der Waals surface area contributed by atoms with Gasteiger partial charge in [-0.25, -0.2) is 0 Å². The Balaban J connectivity index is 1.46. The third-order valence-electron chi connectivity index (χ3n) is 5.53. The predicted molar refractivity (Wildman–Crippen MR) is 123 cm³/mol. The SMILES string of the molecule is CC[C@@H]1CSC2=N[C@H](c3ccccn3)[C@H](c3ccc(Sc4ccccc4)cc3)N21. The van der Waals surface area contributed by atoms with Crippen LogP contribution in [0.5, 0.6) is 0 Å². The van der Waals surface area contributed by atoms with Crippen LogP contribution in [0.15, 0.2) is 93.8 Å². The maximum atomic E-state index is 5.10. The van der Waals surface area contributed by atoms with E-state index in [0.29, 0.717) is 6.04 Å². The van der Waals surface area contributed by atoms with E-state index in [1.165, 1.54) is 20.5 Å². The van der Waals surface area contributed by atoms with Crippen LogP contribution >= 0.6 is 23.5 Å². The Morgan fingerprint density at radius 3 is 2.45 bits per heavy atom. The van der Waals surface area contributed by atoms with Crippen molar-refractivity contribution in [2.24, 2.45) is 4.99 Å². The summed E-state index contributed by atoms with van der Waals surface area (Å²) in [5, 5.41) is 1.18. The number of hydrogen-bond donors (Lipinski definition) is 0. The van der Waals surface area contributed by atoms with E-state index in [2.05, 4.69) is 83.5 Å². The van der Waals surface area contributed by atoms with Crippen LogP contribution in [0.4, 0.5) is 0 Å². The van der Waals surface area contributed by atoms with Gasteiger partial charge in [0, 0.05) is 27.8 Å². The number of nitrogens with zero attached hydrogens (tertiary/aromatic N) is 3. The quantitative estimate of drug-likeness (QED) is 0.493. The van der Waals surface area contributed by atoms with E-state index < -0.39 is 0 Å². The summed E-state index contributed by atoms with van der Waals surface area (Å²) in [7, 11) is 0. The Bertz CT molecular complexity index is 990. The molecule has 29 heavy (non-hydrogen) atoms. The molecule has 2 aromatic carbocycles. The lowest BCUT2D eigenvalue weighted by atomic mass is 9.95. The predicted octanol–water partition coefficient (Wildman–Crippen LogP) is 6.21. The molecule has 146 valence electrons. The molecule has 0 unspecified atom stereocenters. The molecule has 5 rings (SSSR count). The molecule has 0 saturated carbocycles. The number of amidine groups is 1. The summed E-state index contributed by atoms with van der Waals surface area (Å²) in [5.74, 6) is 1.13. The fourth-order valence-electron chi connectivity index (χ4n) is 4.07. The van der Waals surface area contributed by atoms with E-state index in [4.69, 9.17) is 4.99 Å². The molecule has 1 aromatic heterocycles. The zero-order valence-electron chi connectivity index (χ0n) is 16.3. The van der Waals surface area contributed by atoms with Crippen molar-refractivity contribution >= 4 is 28.7 Å². The molecule has 0 radical (unpaired) electrons. The van der Waals surface area contributed by atoms with Gasteiger partial charge in [-0.15, -0.1) is 0 Å². The summed E-state index contributed by atoms with van der Waals surface area (Å²) in [6.45, 7) is 2.28. The molecule has 0 spiro atoms. The first-order valence-electron chi connectivity index (χ1n) is 10.1. The molecule has 0 amide bonds. The number of fused-ring (bicyclic) bond motifs is 1. The van der Waals surface area contributed by atoms with Gasteiger partial charge in [-0.3, -0.25) is 9.98 Å². The monoisotopic (exact) mass is 417 g/mol. The number of aromatic nitrogens is 1. The molecule has 2 aliphatic heterocycles. The molecule has 5 heteroatoms. The van der Waals surface area contributed by atoms with Crippen LogP contribution in [0.3, 0.4) is 0 Å². The summed E-state index contributed by atoms with van der Waals surface area (Å²) < 4.78 is 0. The molecule has 0 bridgehead atoms. The van der Waals surface area contributed by atoms with Gasteiger partial charge in [0.1, 0.15) is 6.04 Å². The van der Waals surface area contributed by atoms with Gasteiger partial charge in [-0.05, 0) is 48.4 Å². The summed E-state index contributed by atoms with van der Waals surface area (Å²) in [6, 6.07) is 26.5. The Hall–Kier alpha value is -2.24. The minimum absolute atomic E-state index is 0.0562. The fourth-order valence-corrected chi connectivity index (χ4v) is 6.24. The van der Waals surface area contributed by atoms with Crippen molar-refractivity contribution in [2.45, 2.75) is 41.3 Å². The molecule has 3 aromatic rings. The van der Waals surface area contributed by atoms with Crippen LogP contribution in [-0.2, 0) is 0 Å². The molecule has 3 heterocycles. The lowest BCUT2D eigenvalue weighted by Gasteiger charge is -2.32. The van der Waals surface area contributed by atoms with Crippen LogP contribution in [0.1, 0.15) is 36.7 Å². The maximum Gasteiger partial charge on any atom is 0.160 e. The van der Waals surface area contributed by atoms with Crippen LogP contribution in [-0.4, -0.2) is 26.8 Å². The first-order valence-corrected chi connectivity index (χ1v) is 11.9. The van der Waals surface area contributed by atoms with Crippen LogP contribution < -0.4 is 0 Å². The Kier molecular flexibility index (Phi) is 5.34. The van der Waals surface area contributed by atoms with E-state index >= 15 is 0 Å². The lowest BCUT2D eigenvalue weighted by molar-refractivity contribution is 0.255. The summed E-state index contributed by atoms with van der Waals surface area (Å²) >= 11 is 3.69. The first-order chi connectivity index (χ1) is 14.3. The highest BCUT2D eigenvalue weighted by atomic mass is 32.2. The van der Waals surface area contributed by atoms with E-state index in [0.717, 1.165) is 17.9 Å². The van der Waals surface area contributed by atoms with Gasteiger partial charge in [-0.2, -0.15) is 0 Å². The van der Waals surface area contributed by atoms with Crippen molar-refractivity contribution in [3.8, 4) is 0 Å². The van der Waals surface area contributed by atoms with E-state index in [1.807, 2.05) is 24.0 Å². The number of thioether (sulfide) groups is 1. The highest BCUT2D eigenvalue weighted by molar-refractivity contribution is 8.14. The second kappa shape index (κ2) is 8.25. The molecular formula is C24H23N3S2. The number of aliphatic imine (C=N–C) groups is 1. The number of rotatable bonds is 5.